The number of hydrogen-bond donors (Lipinski definition) is 0. The molecule has 0 bridgehead atoms. The number of aromatic nitrogens is 1. The highest BCUT2D eigenvalue weighted by Crippen LogP contribution is 2.18. The molecule has 1 aromatic heterocycles. The molecule has 0 aliphatic heterocycles. The van der Waals surface area contributed by atoms with Crippen LogP contribution in [0.5, 0.6) is 0 Å². The van der Waals surface area contributed by atoms with Crippen LogP contribution in [0.3, 0.4) is 0 Å². The molecular weight excluding hydrogens is 218 g/mol. The molecule has 2 rings (SSSR count). The fraction of sp³-hybridized carbons (Fsp3) is 0.308. The first-order valence-corrected chi connectivity index (χ1v) is 6.45. The Morgan fingerprint density at radius 2 is 2.06 bits per heavy atom. The van der Waals surface area contributed by atoms with E-state index in [9.17, 15) is 0 Å². The van der Waals surface area contributed by atoms with Gasteiger partial charge in [-0.15, -0.1) is 11.8 Å². The normalized spacial score (nSPS) is 10.6. The molecule has 0 aliphatic rings. The lowest BCUT2D eigenvalue weighted by Gasteiger charge is -2.01. The fourth-order valence-corrected chi connectivity index (χ4v) is 2.41. The minimum atomic E-state index is 0.884. The second-order valence-electron chi connectivity index (χ2n) is 3.92. The summed E-state index contributed by atoms with van der Waals surface area (Å²) in [6, 6.07) is 10.6. The maximum atomic E-state index is 5.16. The van der Waals surface area contributed by atoms with Crippen molar-refractivity contribution in [3.63, 3.8) is 0 Å². The van der Waals surface area contributed by atoms with E-state index in [0.29, 0.717) is 0 Å². The van der Waals surface area contributed by atoms with Crippen LogP contribution in [0.2, 0.25) is 0 Å². The van der Waals surface area contributed by atoms with Crippen molar-refractivity contribution in [2.45, 2.75) is 25.4 Å². The van der Waals surface area contributed by atoms with Crippen LogP contribution in [-0.2, 0) is 11.5 Å². The summed E-state index contributed by atoms with van der Waals surface area (Å²) in [6.07, 6.45) is 0. The topological polar surface area (TPSA) is 26.0 Å². The smallest absolute Gasteiger partial charge is 0.146 e. The zero-order valence-corrected chi connectivity index (χ0v) is 10.4. The van der Waals surface area contributed by atoms with Gasteiger partial charge in [0.25, 0.3) is 0 Å². The minimum absolute atomic E-state index is 0.884. The summed E-state index contributed by atoms with van der Waals surface area (Å²) in [4.78, 5) is 0. The van der Waals surface area contributed by atoms with Gasteiger partial charge in [-0.2, -0.15) is 0 Å². The molecule has 0 aliphatic carbocycles. The van der Waals surface area contributed by atoms with Crippen LogP contribution < -0.4 is 0 Å². The van der Waals surface area contributed by atoms with Gasteiger partial charge in [0.2, 0.25) is 0 Å². The number of aryl methyl sites for hydroxylation is 2. The molecule has 16 heavy (non-hydrogen) atoms. The van der Waals surface area contributed by atoms with Crippen molar-refractivity contribution < 1.29 is 4.52 Å². The zero-order chi connectivity index (χ0) is 11.4. The molecule has 0 unspecified atom stereocenters. The average Bonchev–Trinajstić information content (AvgIpc) is 2.64. The number of nitrogens with zero attached hydrogens (tertiary/aromatic N) is 1. The van der Waals surface area contributed by atoms with Crippen molar-refractivity contribution in [3.05, 3.63) is 52.9 Å². The molecule has 1 heterocycles. The van der Waals surface area contributed by atoms with Crippen LogP contribution in [0.1, 0.15) is 22.6 Å². The highest BCUT2D eigenvalue weighted by molar-refractivity contribution is 7.97. The third-order valence-corrected chi connectivity index (χ3v) is 3.30. The van der Waals surface area contributed by atoms with Gasteiger partial charge in [-0.05, 0) is 19.4 Å². The lowest BCUT2D eigenvalue weighted by Crippen LogP contribution is -1.83. The summed E-state index contributed by atoms with van der Waals surface area (Å²) in [5.41, 5.74) is 3.63. The summed E-state index contributed by atoms with van der Waals surface area (Å²) < 4.78 is 5.16. The molecule has 0 amide bonds. The van der Waals surface area contributed by atoms with Crippen molar-refractivity contribution in [1.29, 1.82) is 0 Å². The largest absolute Gasteiger partial charge is 0.360 e. The first-order valence-electron chi connectivity index (χ1n) is 5.29. The molecule has 84 valence electrons. The van der Waals surface area contributed by atoms with Gasteiger partial charge in [0, 0.05) is 11.8 Å². The first kappa shape index (κ1) is 11.3. The Kier molecular flexibility index (Phi) is 3.67. The summed E-state index contributed by atoms with van der Waals surface area (Å²) in [7, 11) is 0. The van der Waals surface area contributed by atoms with E-state index < -0.39 is 0 Å². The molecule has 0 saturated carbocycles. The van der Waals surface area contributed by atoms with Gasteiger partial charge in [-0.25, -0.2) is 0 Å². The Hall–Kier alpha value is -1.22. The van der Waals surface area contributed by atoms with Gasteiger partial charge in [-0.1, -0.05) is 35.0 Å². The fourth-order valence-electron chi connectivity index (χ4n) is 1.56. The average molecular weight is 233 g/mol. The third kappa shape index (κ3) is 3.14. The predicted octanol–water partition coefficient (Wildman–Crippen LogP) is 3.72. The molecule has 0 atom stereocenters. The van der Waals surface area contributed by atoms with E-state index in [-0.39, 0.29) is 0 Å². The minimum Gasteiger partial charge on any atom is -0.360 e. The molecule has 3 heteroatoms. The zero-order valence-electron chi connectivity index (χ0n) is 9.56. The van der Waals surface area contributed by atoms with Gasteiger partial charge in [0.05, 0.1) is 11.4 Å². The molecule has 2 aromatic rings. The van der Waals surface area contributed by atoms with Crippen LogP contribution in [0, 0.1) is 13.8 Å². The van der Waals surface area contributed by atoms with E-state index >= 15 is 0 Å². The molecule has 0 fully saturated rings. The van der Waals surface area contributed by atoms with E-state index in [1.54, 1.807) is 0 Å². The van der Waals surface area contributed by atoms with Gasteiger partial charge in [-0.3, -0.25) is 0 Å². The lowest BCUT2D eigenvalue weighted by molar-refractivity contribution is 0.391. The first-order chi connectivity index (χ1) is 7.74. The third-order valence-electron chi connectivity index (χ3n) is 2.27. The lowest BCUT2D eigenvalue weighted by atomic mass is 10.2. The quantitative estimate of drug-likeness (QED) is 0.805. The van der Waals surface area contributed by atoms with E-state index in [1.807, 2.05) is 24.8 Å². The number of benzene rings is 1. The van der Waals surface area contributed by atoms with Crippen LogP contribution >= 0.6 is 11.8 Å². The van der Waals surface area contributed by atoms with E-state index in [4.69, 9.17) is 4.52 Å². The van der Waals surface area contributed by atoms with Crippen molar-refractivity contribution in [3.8, 4) is 0 Å². The van der Waals surface area contributed by atoms with Crippen molar-refractivity contribution in [1.82, 2.24) is 5.16 Å². The Balaban J connectivity index is 1.84. The molecular formula is C13H15NOS. The predicted molar refractivity (Wildman–Crippen MR) is 67.4 cm³/mol. The standard InChI is InChI=1S/C13H15NOS/c1-10-4-3-5-12(6-10)8-16-9-13-7-11(2)14-15-13/h3-7H,8-9H2,1-2H3. The number of rotatable bonds is 4. The number of thioether (sulfide) groups is 1. The van der Waals surface area contributed by atoms with E-state index in [2.05, 4.69) is 36.3 Å². The summed E-state index contributed by atoms with van der Waals surface area (Å²) in [5, 5.41) is 3.87. The molecule has 1 aromatic carbocycles. The van der Waals surface area contributed by atoms with Crippen LogP contribution in [0.15, 0.2) is 34.9 Å². The van der Waals surface area contributed by atoms with Crippen molar-refractivity contribution in [2.75, 3.05) is 0 Å². The van der Waals surface area contributed by atoms with Crippen molar-refractivity contribution in [2.24, 2.45) is 0 Å². The Labute approximate surface area is 100 Å². The van der Waals surface area contributed by atoms with Crippen molar-refractivity contribution >= 4 is 11.8 Å². The molecule has 0 N–H and O–H groups in total. The van der Waals surface area contributed by atoms with Gasteiger partial charge < -0.3 is 4.52 Å². The van der Waals surface area contributed by atoms with Crippen LogP contribution in [0.4, 0.5) is 0 Å². The Morgan fingerprint density at radius 1 is 1.19 bits per heavy atom. The maximum Gasteiger partial charge on any atom is 0.146 e. The van der Waals surface area contributed by atoms with E-state index in [0.717, 1.165) is 23.0 Å². The second kappa shape index (κ2) is 5.21. The van der Waals surface area contributed by atoms with Crippen LogP contribution in [0.25, 0.3) is 0 Å². The highest BCUT2D eigenvalue weighted by Gasteiger charge is 2.01. The number of hydrogen-bond acceptors (Lipinski definition) is 3. The second-order valence-corrected chi connectivity index (χ2v) is 4.90. The Morgan fingerprint density at radius 3 is 2.75 bits per heavy atom. The molecule has 2 nitrogen and oxygen atoms in total. The van der Waals surface area contributed by atoms with Gasteiger partial charge in [0.1, 0.15) is 5.76 Å². The highest BCUT2D eigenvalue weighted by atomic mass is 32.2. The Bertz CT molecular complexity index is 464. The maximum absolute atomic E-state index is 5.16. The molecule has 0 saturated heterocycles. The van der Waals surface area contributed by atoms with Gasteiger partial charge >= 0.3 is 0 Å². The van der Waals surface area contributed by atoms with Gasteiger partial charge in [0.15, 0.2) is 0 Å². The SMILES string of the molecule is Cc1cccc(CSCc2cc(C)no2)c1. The summed E-state index contributed by atoms with van der Waals surface area (Å²) in [6.45, 7) is 4.06. The summed E-state index contributed by atoms with van der Waals surface area (Å²) >= 11 is 1.85. The molecule has 0 radical (unpaired) electrons. The molecule has 0 spiro atoms. The monoisotopic (exact) mass is 233 g/mol. The van der Waals surface area contributed by atoms with Crippen LogP contribution in [-0.4, -0.2) is 5.16 Å². The van der Waals surface area contributed by atoms with E-state index in [1.165, 1.54) is 11.1 Å². The summed E-state index contributed by atoms with van der Waals surface area (Å²) in [5.74, 6) is 2.85.